The molecule has 0 radical (unpaired) electrons. The first-order chi connectivity index (χ1) is 10.0. The minimum Gasteiger partial charge on any atom is -0.493 e. The Morgan fingerprint density at radius 2 is 1.95 bits per heavy atom. The van der Waals surface area contributed by atoms with E-state index in [2.05, 4.69) is 4.98 Å². The van der Waals surface area contributed by atoms with Crippen LogP contribution < -0.4 is 15.2 Å². The molecule has 21 heavy (non-hydrogen) atoms. The summed E-state index contributed by atoms with van der Waals surface area (Å²) >= 11 is 1.51. The zero-order valence-electron chi connectivity index (χ0n) is 12.7. The first-order valence-electron chi connectivity index (χ1n) is 6.59. The number of hydrogen-bond acceptors (Lipinski definition) is 6. The highest BCUT2D eigenvalue weighted by Crippen LogP contribution is 2.31. The van der Waals surface area contributed by atoms with E-state index in [0.29, 0.717) is 22.5 Å². The normalized spacial score (nSPS) is 12.2. The molecule has 0 fully saturated rings. The predicted molar refractivity (Wildman–Crippen MR) is 83.2 cm³/mol. The van der Waals surface area contributed by atoms with E-state index in [1.165, 1.54) is 11.8 Å². The average molecular weight is 308 g/mol. The Balaban J connectivity index is 2.04. The summed E-state index contributed by atoms with van der Waals surface area (Å²) in [6, 6.07) is 5.56. The zero-order valence-corrected chi connectivity index (χ0v) is 13.5. The summed E-state index contributed by atoms with van der Waals surface area (Å²) in [5.74, 6) is 2.89. The molecule has 2 N–H and O–H groups in total. The molecule has 0 aliphatic rings. The smallest absolute Gasteiger partial charge is 0.256 e. The maximum atomic E-state index is 6.22. The van der Waals surface area contributed by atoms with Crippen molar-refractivity contribution in [2.75, 3.05) is 20.0 Å². The van der Waals surface area contributed by atoms with Gasteiger partial charge in [-0.1, -0.05) is 17.8 Å². The van der Waals surface area contributed by atoms with Crippen molar-refractivity contribution in [1.82, 2.24) is 4.98 Å². The molecule has 1 unspecified atom stereocenters. The first-order valence-corrected chi connectivity index (χ1v) is 7.58. The van der Waals surface area contributed by atoms with Gasteiger partial charge in [0.2, 0.25) is 0 Å². The SMILES string of the molecule is COc1ccc(C(N)CSc2nc(C)c(C)o2)cc1OC. The zero-order chi connectivity index (χ0) is 15.4. The van der Waals surface area contributed by atoms with Gasteiger partial charge in [0.05, 0.1) is 19.9 Å². The van der Waals surface area contributed by atoms with Gasteiger partial charge < -0.3 is 19.6 Å². The van der Waals surface area contributed by atoms with Gasteiger partial charge in [0, 0.05) is 11.8 Å². The second-order valence-corrected chi connectivity index (χ2v) is 5.62. The lowest BCUT2D eigenvalue weighted by Crippen LogP contribution is -2.13. The van der Waals surface area contributed by atoms with Crippen LogP contribution in [0.4, 0.5) is 0 Å². The van der Waals surface area contributed by atoms with Crippen LogP contribution in [0.15, 0.2) is 27.8 Å². The van der Waals surface area contributed by atoms with Gasteiger partial charge >= 0.3 is 0 Å². The Bertz CT molecular complexity index is 593. The second kappa shape index (κ2) is 6.87. The van der Waals surface area contributed by atoms with Crippen molar-refractivity contribution < 1.29 is 13.9 Å². The lowest BCUT2D eigenvalue weighted by atomic mass is 10.1. The molecule has 1 heterocycles. The number of methoxy groups -OCH3 is 2. The predicted octanol–water partition coefficient (Wildman–Crippen LogP) is 3.10. The summed E-state index contributed by atoms with van der Waals surface area (Å²) in [7, 11) is 3.22. The summed E-state index contributed by atoms with van der Waals surface area (Å²) in [4.78, 5) is 4.33. The molecule has 0 bridgehead atoms. The first kappa shape index (κ1) is 15.7. The van der Waals surface area contributed by atoms with Crippen LogP contribution >= 0.6 is 11.8 Å². The van der Waals surface area contributed by atoms with Crippen molar-refractivity contribution in [2.24, 2.45) is 5.73 Å². The third-order valence-corrected chi connectivity index (χ3v) is 4.18. The van der Waals surface area contributed by atoms with E-state index in [-0.39, 0.29) is 6.04 Å². The molecule has 0 spiro atoms. The third-order valence-electron chi connectivity index (χ3n) is 3.23. The number of hydrogen-bond donors (Lipinski definition) is 1. The van der Waals surface area contributed by atoms with Gasteiger partial charge in [-0.2, -0.15) is 0 Å². The Kier molecular flexibility index (Phi) is 5.14. The Hall–Kier alpha value is -1.66. The van der Waals surface area contributed by atoms with Gasteiger partial charge in [0.25, 0.3) is 5.22 Å². The number of benzene rings is 1. The van der Waals surface area contributed by atoms with Gasteiger partial charge in [-0.25, -0.2) is 4.98 Å². The van der Waals surface area contributed by atoms with Crippen LogP contribution in [0.25, 0.3) is 0 Å². The van der Waals surface area contributed by atoms with Crippen molar-refractivity contribution in [3.63, 3.8) is 0 Å². The molecule has 114 valence electrons. The van der Waals surface area contributed by atoms with Gasteiger partial charge in [0.15, 0.2) is 11.5 Å². The number of ether oxygens (including phenoxy) is 2. The van der Waals surface area contributed by atoms with Gasteiger partial charge in [-0.3, -0.25) is 0 Å². The molecule has 1 atom stereocenters. The fourth-order valence-corrected chi connectivity index (χ4v) is 2.75. The number of nitrogens with zero attached hydrogens (tertiary/aromatic N) is 1. The molecule has 0 saturated carbocycles. The quantitative estimate of drug-likeness (QED) is 0.827. The Morgan fingerprint density at radius 3 is 2.52 bits per heavy atom. The fraction of sp³-hybridized carbons (Fsp3) is 0.400. The van der Waals surface area contributed by atoms with Crippen LogP contribution in [0, 0.1) is 13.8 Å². The van der Waals surface area contributed by atoms with Crippen molar-refractivity contribution in [3.8, 4) is 11.5 Å². The lowest BCUT2D eigenvalue weighted by molar-refractivity contribution is 0.354. The molecule has 5 nitrogen and oxygen atoms in total. The Labute approximate surface area is 128 Å². The number of aryl methyl sites for hydroxylation is 2. The van der Waals surface area contributed by atoms with Gasteiger partial charge in [0.1, 0.15) is 5.76 Å². The highest BCUT2D eigenvalue weighted by atomic mass is 32.2. The number of thioether (sulfide) groups is 1. The minimum atomic E-state index is -0.137. The van der Waals surface area contributed by atoms with Gasteiger partial charge in [-0.05, 0) is 31.5 Å². The number of aromatic nitrogens is 1. The highest BCUT2D eigenvalue weighted by Gasteiger charge is 2.13. The maximum absolute atomic E-state index is 6.22. The largest absolute Gasteiger partial charge is 0.493 e. The summed E-state index contributed by atoms with van der Waals surface area (Å²) < 4.78 is 16.0. The van der Waals surface area contributed by atoms with Crippen LogP contribution in [-0.4, -0.2) is 25.0 Å². The van der Waals surface area contributed by atoms with Crippen LogP contribution in [0.1, 0.15) is 23.1 Å². The molecule has 0 amide bonds. The minimum absolute atomic E-state index is 0.137. The lowest BCUT2D eigenvalue weighted by Gasteiger charge is -2.14. The average Bonchev–Trinajstić information content (AvgIpc) is 2.82. The number of oxazole rings is 1. The molecular weight excluding hydrogens is 288 g/mol. The van der Waals surface area contributed by atoms with E-state index in [9.17, 15) is 0 Å². The third kappa shape index (κ3) is 3.71. The molecule has 0 saturated heterocycles. The molecule has 2 aromatic rings. The Morgan fingerprint density at radius 1 is 1.24 bits per heavy atom. The van der Waals surface area contributed by atoms with Crippen molar-refractivity contribution in [3.05, 3.63) is 35.2 Å². The van der Waals surface area contributed by atoms with E-state index in [1.807, 2.05) is 32.0 Å². The summed E-state index contributed by atoms with van der Waals surface area (Å²) in [6.07, 6.45) is 0. The summed E-state index contributed by atoms with van der Waals surface area (Å²) in [5.41, 5.74) is 8.12. The van der Waals surface area contributed by atoms with Crippen LogP contribution in [0.2, 0.25) is 0 Å². The van der Waals surface area contributed by atoms with Crippen molar-refractivity contribution in [1.29, 1.82) is 0 Å². The van der Waals surface area contributed by atoms with E-state index in [4.69, 9.17) is 19.6 Å². The number of nitrogens with two attached hydrogens (primary N) is 1. The molecule has 2 rings (SSSR count). The second-order valence-electron chi connectivity index (χ2n) is 4.65. The molecule has 1 aromatic carbocycles. The van der Waals surface area contributed by atoms with E-state index in [1.54, 1.807) is 14.2 Å². The van der Waals surface area contributed by atoms with E-state index in [0.717, 1.165) is 17.0 Å². The monoisotopic (exact) mass is 308 g/mol. The van der Waals surface area contributed by atoms with Crippen LogP contribution in [-0.2, 0) is 0 Å². The standard InChI is InChI=1S/C15H20N2O3S/c1-9-10(2)20-15(17-9)21-8-12(16)11-5-6-13(18-3)14(7-11)19-4/h5-7,12H,8,16H2,1-4H3. The number of rotatable bonds is 6. The molecule has 0 aliphatic heterocycles. The van der Waals surface area contributed by atoms with Crippen molar-refractivity contribution >= 4 is 11.8 Å². The fourth-order valence-electron chi connectivity index (χ4n) is 1.85. The molecule has 0 aliphatic carbocycles. The van der Waals surface area contributed by atoms with E-state index >= 15 is 0 Å². The maximum Gasteiger partial charge on any atom is 0.256 e. The molecular formula is C15H20N2O3S. The van der Waals surface area contributed by atoms with Crippen molar-refractivity contribution in [2.45, 2.75) is 25.1 Å². The highest BCUT2D eigenvalue weighted by molar-refractivity contribution is 7.99. The topological polar surface area (TPSA) is 70.5 Å². The van der Waals surface area contributed by atoms with Crippen LogP contribution in [0.3, 0.4) is 0 Å². The summed E-state index contributed by atoms with van der Waals surface area (Å²) in [6.45, 7) is 3.83. The van der Waals surface area contributed by atoms with Crippen LogP contribution in [0.5, 0.6) is 11.5 Å². The summed E-state index contributed by atoms with van der Waals surface area (Å²) in [5, 5.41) is 0.654. The van der Waals surface area contributed by atoms with E-state index < -0.39 is 0 Å². The van der Waals surface area contributed by atoms with Gasteiger partial charge in [-0.15, -0.1) is 0 Å². The molecule has 1 aromatic heterocycles. The molecule has 6 heteroatoms.